The maximum atomic E-state index is 12.7. The molecule has 2 heterocycles. The molecule has 2 fully saturated rings. The second-order valence-corrected chi connectivity index (χ2v) is 9.39. The molecule has 2 atom stereocenters. The van der Waals surface area contributed by atoms with E-state index in [1.807, 2.05) is 12.1 Å². The Bertz CT molecular complexity index is 666. The number of hydrogen-bond acceptors (Lipinski definition) is 6. The van der Waals surface area contributed by atoms with Crippen LogP contribution in [0.25, 0.3) is 0 Å². The maximum Gasteiger partial charge on any atom is 0.236 e. The summed E-state index contributed by atoms with van der Waals surface area (Å²) in [6.45, 7) is 14.1. The van der Waals surface area contributed by atoms with E-state index >= 15 is 0 Å². The number of nitrogens with zero attached hydrogens (tertiary/aromatic N) is 3. The first-order chi connectivity index (χ1) is 15.5. The normalized spacial score (nSPS) is 22.8. The molecule has 0 aliphatic carbocycles. The molecule has 7 heteroatoms. The highest BCUT2D eigenvalue weighted by Gasteiger charge is 2.27. The SMILES string of the molecule is COCCOCCOc1ccc(CN2CCN(CC(=O)N3C[C@H](C)C[C@@H](C)C3)CC2)cc1. The van der Waals surface area contributed by atoms with Gasteiger partial charge in [0.2, 0.25) is 5.91 Å². The molecule has 3 rings (SSSR count). The second-order valence-electron chi connectivity index (χ2n) is 9.39. The molecular weight excluding hydrogens is 406 g/mol. The Hall–Kier alpha value is -1.67. The van der Waals surface area contributed by atoms with Gasteiger partial charge in [-0.15, -0.1) is 0 Å². The van der Waals surface area contributed by atoms with Gasteiger partial charge in [0.05, 0.1) is 26.4 Å². The van der Waals surface area contributed by atoms with Crippen molar-refractivity contribution in [1.82, 2.24) is 14.7 Å². The van der Waals surface area contributed by atoms with Crippen molar-refractivity contribution >= 4 is 5.91 Å². The number of piperazine rings is 1. The molecule has 2 aliphatic heterocycles. The van der Waals surface area contributed by atoms with E-state index in [2.05, 4.69) is 40.7 Å². The number of hydrogen-bond donors (Lipinski definition) is 0. The van der Waals surface area contributed by atoms with E-state index in [9.17, 15) is 4.79 Å². The molecule has 2 aliphatic rings. The van der Waals surface area contributed by atoms with Gasteiger partial charge in [-0.2, -0.15) is 0 Å². The van der Waals surface area contributed by atoms with E-state index in [0.717, 1.165) is 51.6 Å². The first kappa shape index (κ1) is 25.0. The maximum absolute atomic E-state index is 12.7. The minimum atomic E-state index is 0.302. The summed E-state index contributed by atoms with van der Waals surface area (Å²) in [7, 11) is 1.67. The van der Waals surface area contributed by atoms with Crippen LogP contribution in [0.15, 0.2) is 24.3 Å². The van der Waals surface area contributed by atoms with Crippen molar-refractivity contribution in [3.63, 3.8) is 0 Å². The summed E-state index contributed by atoms with van der Waals surface area (Å²) in [5.41, 5.74) is 1.29. The Balaban J connectivity index is 1.33. The molecule has 0 unspecified atom stereocenters. The van der Waals surface area contributed by atoms with E-state index in [-0.39, 0.29) is 0 Å². The third-order valence-corrected chi connectivity index (χ3v) is 6.30. The Morgan fingerprint density at radius 2 is 1.53 bits per heavy atom. The fraction of sp³-hybridized carbons (Fsp3) is 0.720. The summed E-state index contributed by atoms with van der Waals surface area (Å²) < 4.78 is 16.1. The van der Waals surface area contributed by atoms with E-state index in [1.165, 1.54) is 12.0 Å². The summed E-state index contributed by atoms with van der Waals surface area (Å²) >= 11 is 0. The molecule has 1 aromatic rings. The second kappa shape index (κ2) is 13.1. The van der Waals surface area contributed by atoms with Crippen LogP contribution in [0.2, 0.25) is 0 Å². The van der Waals surface area contributed by atoms with Gasteiger partial charge < -0.3 is 19.1 Å². The number of ether oxygens (including phenoxy) is 3. The molecule has 32 heavy (non-hydrogen) atoms. The number of likely N-dealkylation sites (tertiary alicyclic amines) is 1. The number of rotatable bonds is 11. The third kappa shape index (κ3) is 8.35. The van der Waals surface area contributed by atoms with E-state index in [4.69, 9.17) is 14.2 Å². The highest BCUT2D eigenvalue weighted by Crippen LogP contribution is 2.21. The van der Waals surface area contributed by atoms with Gasteiger partial charge in [-0.05, 0) is 36.0 Å². The topological polar surface area (TPSA) is 54.5 Å². The van der Waals surface area contributed by atoms with Crippen LogP contribution < -0.4 is 4.74 Å². The zero-order chi connectivity index (χ0) is 22.8. The van der Waals surface area contributed by atoms with E-state index < -0.39 is 0 Å². The van der Waals surface area contributed by atoms with Crippen molar-refractivity contribution in [2.45, 2.75) is 26.8 Å². The lowest BCUT2D eigenvalue weighted by Crippen LogP contribution is -2.51. The van der Waals surface area contributed by atoms with Crippen LogP contribution >= 0.6 is 0 Å². The van der Waals surface area contributed by atoms with Gasteiger partial charge in [-0.1, -0.05) is 26.0 Å². The van der Waals surface area contributed by atoms with Gasteiger partial charge in [-0.25, -0.2) is 0 Å². The molecule has 7 nitrogen and oxygen atoms in total. The zero-order valence-corrected chi connectivity index (χ0v) is 20.1. The van der Waals surface area contributed by atoms with Crippen molar-refractivity contribution in [3.8, 4) is 5.75 Å². The lowest BCUT2D eigenvalue weighted by atomic mass is 9.92. The monoisotopic (exact) mass is 447 g/mol. The lowest BCUT2D eigenvalue weighted by Gasteiger charge is -2.38. The fourth-order valence-corrected chi connectivity index (χ4v) is 4.68. The predicted octanol–water partition coefficient (Wildman–Crippen LogP) is 2.35. The van der Waals surface area contributed by atoms with Gasteiger partial charge >= 0.3 is 0 Å². The van der Waals surface area contributed by atoms with E-state index in [0.29, 0.717) is 50.7 Å². The molecular formula is C25H41N3O4. The largest absolute Gasteiger partial charge is 0.491 e. The van der Waals surface area contributed by atoms with Crippen LogP contribution in [0.4, 0.5) is 0 Å². The molecule has 0 aromatic heterocycles. The molecule has 180 valence electrons. The van der Waals surface area contributed by atoms with Gasteiger partial charge in [-0.3, -0.25) is 14.6 Å². The van der Waals surface area contributed by atoms with Gasteiger partial charge in [0.15, 0.2) is 0 Å². The quantitative estimate of drug-likeness (QED) is 0.486. The van der Waals surface area contributed by atoms with Crippen LogP contribution in [0, 0.1) is 11.8 Å². The Morgan fingerprint density at radius 3 is 2.19 bits per heavy atom. The van der Waals surface area contributed by atoms with Gasteiger partial charge in [0.25, 0.3) is 0 Å². The lowest BCUT2D eigenvalue weighted by molar-refractivity contribution is -0.135. The van der Waals surface area contributed by atoms with Crippen LogP contribution in [0.3, 0.4) is 0 Å². The van der Waals surface area contributed by atoms with Gasteiger partial charge in [0, 0.05) is 52.9 Å². The number of carbonyl (C=O) groups is 1. The van der Waals surface area contributed by atoms with E-state index in [1.54, 1.807) is 7.11 Å². The molecule has 1 aromatic carbocycles. The first-order valence-electron chi connectivity index (χ1n) is 12.0. The third-order valence-electron chi connectivity index (χ3n) is 6.30. The summed E-state index contributed by atoms with van der Waals surface area (Å²) in [6.07, 6.45) is 1.23. The summed E-state index contributed by atoms with van der Waals surface area (Å²) in [6, 6.07) is 8.32. The molecule has 0 radical (unpaired) electrons. The Labute approximate surface area is 193 Å². The minimum absolute atomic E-state index is 0.302. The van der Waals surface area contributed by atoms with Crippen LogP contribution in [0.1, 0.15) is 25.8 Å². The van der Waals surface area contributed by atoms with Crippen molar-refractivity contribution in [2.24, 2.45) is 11.8 Å². The van der Waals surface area contributed by atoms with Crippen LogP contribution in [-0.4, -0.2) is 100.0 Å². The Morgan fingerprint density at radius 1 is 0.906 bits per heavy atom. The molecule has 0 N–H and O–H groups in total. The molecule has 1 amide bonds. The zero-order valence-electron chi connectivity index (χ0n) is 20.1. The van der Waals surface area contributed by atoms with Crippen molar-refractivity contribution in [3.05, 3.63) is 29.8 Å². The average Bonchev–Trinajstić information content (AvgIpc) is 2.78. The molecule has 0 bridgehead atoms. The number of methoxy groups -OCH3 is 1. The molecule has 0 spiro atoms. The predicted molar refractivity (Wildman–Crippen MR) is 126 cm³/mol. The summed E-state index contributed by atoms with van der Waals surface area (Å²) in [5.74, 6) is 2.40. The number of amides is 1. The number of carbonyl (C=O) groups excluding carboxylic acids is 1. The fourth-order valence-electron chi connectivity index (χ4n) is 4.68. The molecule has 2 saturated heterocycles. The van der Waals surface area contributed by atoms with Crippen LogP contribution in [-0.2, 0) is 20.8 Å². The van der Waals surface area contributed by atoms with Gasteiger partial charge in [0.1, 0.15) is 12.4 Å². The summed E-state index contributed by atoms with van der Waals surface area (Å²) in [5, 5.41) is 0. The summed E-state index contributed by atoms with van der Waals surface area (Å²) in [4.78, 5) is 19.6. The molecule has 0 saturated carbocycles. The highest BCUT2D eigenvalue weighted by atomic mass is 16.5. The standard InChI is InChI=1S/C25H41N3O4/c1-21-16-22(2)18-28(17-21)25(29)20-27-10-8-26(9-11-27)19-23-4-6-24(7-5-23)32-15-14-31-13-12-30-3/h4-7,21-22H,8-20H2,1-3H3/t21-,22-/m1/s1. The number of piperidine rings is 1. The average molecular weight is 448 g/mol. The Kier molecular flexibility index (Phi) is 10.2. The van der Waals surface area contributed by atoms with Crippen LogP contribution in [0.5, 0.6) is 5.75 Å². The van der Waals surface area contributed by atoms with Crippen molar-refractivity contribution in [1.29, 1.82) is 0 Å². The number of benzene rings is 1. The van der Waals surface area contributed by atoms with Crippen molar-refractivity contribution < 1.29 is 19.0 Å². The van der Waals surface area contributed by atoms with Crippen molar-refractivity contribution in [2.75, 3.05) is 79.4 Å². The minimum Gasteiger partial charge on any atom is -0.491 e. The first-order valence-corrected chi connectivity index (χ1v) is 12.0. The smallest absolute Gasteiger partial charge is 0.236 e. The highest BCUT2D eigenvalue weighted by molar-refractivity contribution is 5.78.